The van der Waals surface area contributed by atoms with Gasteiger partial charge in [-0.2, -0.15) is 15.5 Å². The summed E-state index contributed by atoms with van der Waals surface area (Å²) in [6.07, 6.45) is 10.8. The average Bonchev–Trinajstić information content (AvgIpc) is 3.88. The van der Waals surface area contributed by atoms with Gasteiger partial charge in [-0.05, 0) is 107 Å². The van der Waals surface area contributed by atoms with Crippen molar-refractivity contribution in [1.29, 1.82) is 5.26 Å². The standard InChI is InChI=1S/C45H52ClN11O4/c1-45(2,61)35-24-38-29(22-39(35)50-44(60)41-11-8-34-21-28(25-47)26-48-57(34)41)27-56(52-38)33-6-4-31(5-7-33)53-17-19-54(20-18-53)32-13-15-55(16-14-32)40-10-3-30(23-36(40)46)49-37-9-12-42(58)51-43(37)59/h3,8,10-11,21-24,26-27,31-33,37,49,61H,4-7,9,12-20H2,1-2H3,(H,50,60)(H,51,58,59). The summed E-state index contributed by atoms with van der Waals surface area (Å²) in [7, 11) is 0. The van der Waals surface area contributed by atoms with Crippen LogP contribution in [0.2, 0.25) is 5.02 Å². The van der Waals surface area contributed by atoms with Crippen molar-refractivity contribution in [3.8, 4) is 6.07 Å². The predicted molar refractivity (Wildman–Crippen MR) is 234 cm³/mol. The minimum absolute atomic E-state index is 0.228. The van der Waals surface area contributed by atoms with Crippen LogP contribution in [0.15, 0.2) is 60.9 Å². The molecule has 3 aromatic heterocycles. The number of benzene rings is 2. The zero-order valence-corrected chi connectivity index (χ0v) is 35.4. The van der Waals surface area contributed by atoms with Gasteiger partial charge in [0, 0.05) is 86.3 Å². The van der Waals surface area contributed by atoms with Gasteiger partial charge in [0.05, 0.1) is 45.1 Å². The fourth-order valence-corrected chi connectivity index (χ4v) is 10.1. The van der Waals surface area contributed by atoms with E-state index in [2.05, 4.69) is 52.7 Å². The minimum atomic E-state index is -1.23. The van der Waals surface area contributed by atoms with Gasteiger partial charge in [0.1, 0.15) is 17.8 Å². The maximum atomic E-state index is 13.5. The molecule has 15 nitrogen and oxygen atoms in total. The first-order valence-electron chi connectivity index (χ1n) is 21.5. The topological polar surface area (TPSA) is 176 Å². The average molecular weight is 846 g/mol. The van der Waals surface area contributed by atoms with E-state index in [0.29, 0.717) is 58.0 Å². The quantitative estimate of drug-likeness (QED) is 0.135. The largest absolute Gasteiger partial charge is 0.386 e. The first-order chi connectivity index (χ1) is 29.4. The van der Waals surface area contributed by atoms with E-state index >= 15 is 0 Å². The van der Waals surface area contributed by atoms with Crippen LogP contribution in [0, 0.1) is 11.3 Å². The third-order valence-corrected chi connectivity index (χ3v) is 13.5. The molecule has 4 N–H and O–H groups in total. The molecule has 4 fully saturated rings. The second-order valence-corrected chi connectivity index (χ2v) is 18.0. The number of piperidine rings is 2. The Morgan fingerprint density at radius 3 is 2.28 bits per heavy atom. The summed E-state index contributed by atoms with van der Waals surface area (Å²) in [5.74, 6) is -0.892. The molecular weight excluding hydrogens is 794 g/mol. The summed E-state index contributed by atoms with van der Waals surface area (Å²) in [6.45, 7) is 9.62. The first-order valence-corrected chi connectivity index (χ1v) is 21.9. The van der Waals surface area contributed by atoms with Gasteiger partial charge in [-0.3, -0.25) is 34.2 Å². The first kappa shape index (κ1) is 40.9. The lowest BCUT2D eigenvalue weighted by Gasteiger charge is -2.46. The molecule has 3 amide bonds. The molecular formula is C45H52ClN11O4. The number of carbonyl (C=O) groups excluding carboxylic acids is 3. The zero-order valence-electron chi connectivity index (χ0n) is 34.6. The number of fused-ring (bicyclic) bond motifs is 2. The summed E-state index contributed by atoms with van der Waals surface area (Å²) < 4.78 is 3.59. The Kier molecular flexibility index (Phi) is 11.2. The van der Waals surface area contributed by atoms with Crippen molar-refractivity contribution in [3.63, 3.8) is 0 Å². The maximum Gasteiger partial charge on any atom is 0.274 e. The van der Waals surface area contributed by atoms with Crippen molar-refractivity contribution in [1.82, 2.24) is 34.5 Å². The Hall–Kier alpha value is -5.53. The molecule has 318 valence electrons. The summed E-state index contributed by atoms with van der Waals surface area (Å²) in [5, 5.41) is 39.9. The van der Waals surface area contributed by atoms with E-state index in [9.17, 15) is 24.8 Å². The number of aliphatic hydroxyl groups is 1. The molecule has 1 saturated carbocycles. The van der Waals surface area contributed by atoms with E-state index < -0.39 is 11.6 Å². The van der Waals surface area contributed by atoms with E-state index in [4.69, 9.17) is 16.7 Å². The Balaban J connectivity index is 0.764. The van der Waals surface area contributed by atoms with Crippen LogP contribution in [0.25, 0.3) is 16.4 Å². The van der Waals surface area contributed by atoms with Crippen LogP contribution in [0.5, 0.6) is 0 Å². The smallest absolute Gasteiger partial charge is 0.274 e. The van der Waals surface area contributed by atoms with Crippen LogP contribution in [0.3, 0.4) is 0 Å². The molecule has 9 rings (SSSR count). The molecule has 0 spiro atoms. The second kappa shape index (κ2) is 16.7. The van der Waals surface area contributed by atoms with Crippen molar-refractivity contribution in [2.24, 2.45) is 0 Å². The molecule has 16 heteroatoms. The van der Waals surface area contributed by atoms with Crippen molar-refractivity contribution in [2.75, 3.05) is 54.8 Å². The van der Waals surface area contributed by atoms with E-state index in [-0.39, 0.29) is 23.8 Å². The summed E-state index contributed by atoms with van der Waals surface area (Å²) >= 11 is 6.77. The monoisotopic (exact) mass is 845 g/mol. The predicted octanol–water partition coefficient (Wildman–Crippen LogP) is 5.68. The SMILES string of the molecule is CC(C)(O)c1cc2nn(C3CCC(N4CCN(C5CCN(c6ccc(NC7CCC(=O)NC7=O)cc6Cl)CC5)CC4)CC3)cc2cc1NC(=O)c1ccc2cc(C#N)cnn12. The zero-order chi connectivity index (χ0) is 42.4. The van der Waals surface area contributed by atoms with E-state index in [0.717, 1.165) is 100 Å². The second-order valence-electron chi connectivity index (χ2n) is 17.6. The van der Waals surface area contributed by atoms with Gasteiger partial charge < -0.3 is 20.6 Å². The van der Waals surface area contributed by atoms with Crippen LogP contribution < -0.4 is 20.9 Å². The molecule has 1 aliphatic carbocycles. The van der Waals surface area contributed by atoms with Crippen molar-refractivity contribution >= 4 is 62.8 Å². The Morgan fingerprint density at radius 1 is 0.902 bits per heavy atom. The number of halogens is 1. The Labute approximate surface area is 359 Å². The number of hydrogen-bond donors (Lipinski definition) is 4. The fourth-order valence-electron chi connectivity index (χ4n) is 9.82. The van der Waals surface area contributed by atoms with Crippen LogP contribution in [0.4, 0.5) is 17.1 Å². The van der Waals surface area contributed by atoms with Crippen LogP contribution >= 0.6 is 11.6 Å². The number of hydrogen-bond acceptors (Lipinski definition) is 11. The molecule has 1 unspecified atom stereocenters. The molecule has 3 saturated heterocycles. The van der Waals surface area contributed by atoms with Crippen molar-refractivity contribution < 1.29 is 19.5 Å². The lowest BCUT2D eigenvalue weighted by molar-refractivity contribution is -0.133. The molecule has 6 heterocycles. The number of piperazine rings is 1. The number of nitrogens with one attached hydrogen (secondary N) is 3. The lowest BCUT2D eigenvalue weighted by atomic mass is 9.89. The maximum absolute atomic E-state index is 13.5. The molecule has 4 aliphatic rings. The van der Waals surface area contributed by atoms with Gasteiger partial charge in [-0.25, -0.2) is 4.52 Å². The molecule has 3 aliphatic heterocycles. The third-order valence-electron chi connectivity index (χ3n) is 13.2. The number of nitrogens with zero attached hydrogens (tertiary/aromatic N) is 8. The van der Waals surface area contributed by atoms with Gasteiger partial charge >= 0.3 is 0 Å². The summed E-state index contributed by atoms with van der Waals surface area (Å²) in [4.78, 5) is 45.0. The Bertz CT molecular complexity index is 2510. The fraction of sp³-hybridized carbons (Fsp3) is 0.467. The number of imide groups is 1. The number of carbonyl (C=O) groups is 3. The highest BCUT2D eigenvalue weighted by molar-refractivity contribution is 6.33. The van der Waals surface area contributed by atoms with Gasteiger partial charge in [0.2, 0.25) is 11.8 Å². The van der Waals surface area contributed by atoms with E-state index in [1.54, 1.807) is 32.0 Å². The highest BCUT2D eigenvalue weighted by atomic mass is 35.5. The molecule has 2 aromatic carbocycles. The van der Waals surface area contributed by atoms with Crippen molar-refractivity contribution in [3.05, 3.63) is 82.8 Å². The lowest BCUT2D eigenvalue weighted by Crippen LogP contribution is -2.55. The highest BCUT2D eigenvalue weighted by Crippen LogP contribution is 2.37. The van der Waals surface area contributed by atoms with E-state index in [1.165, 1.54) is 10.7 Å². The number of rotatable bonds is 9. The number of nitriles is 1. The van der Waals surface area contributed by atoms with Gasteiger partial charge in [-0.1, -0.05) is 11.6 Å². The number of anilines is 3. The number of aromatic nitrogens is 4. The van der Waals surface area contributed by atoms with Gasteiger partial charge in [-0.15, -0.1) is 0 Å². The Morgan fingerprint density at radius 2 is 1.61 bits per heavy atom. The molecule has 5 aromatic rings. The van der Waals surface area contributed by atoms with Gasteiger partial charge in [0.25, 0.3) is 5.91 Å². The molecule has 61 heavy (non-hydrogen) atoms. The van der Waals surface area contributed by atoms with Crippen molar-refractivity contribution in [2.45, 2.75) is 95.0 Å². The van der Waals surface area contributed by atoms with Gasteiger partial charge in [0.15, 0.2) is 0 Å². The van der Waals surface area contributed by atoms with Crippen LogP contribution in [0.1, 0.15) is 92.9 Å². The molecule has 0 bridgehead atoms. The van der Waals surface area contributed by atoms with E-state index in [1.807, 2.05) is 30.3 Å². The van der Waals surface area contributed by atoms with Crippen LogP contribution in [-0.2, 0) is 15.2 Å². The summed E-state index contributed by atoms with van der Waals surface area (Å²) in [6, 6.07) is 17.8. The third kappa shape index (κ3) is 8.55. The highest BCUT2D eigenvalue weighted by Gasteiger charge is 2.33. The molecule has 1 atom stereocenters. The molecule has 0 radical (unpaired) electrons. The van der Waals surface area contributed by atoms with Crippen LogP contribution in [-0.4, -0.2) is 109 Å². The summed E-state index contributed by atoms with van der Waals surface area (Å²) in [5.41, 5.74) is 3.81. The normalized spacial score (nSPS) is 22.3. The minimum Gasteiger partial charge on any atom is -0.386 e. The number of amides is 3.